The summed E-state index contributed by atoms with van der Waals surface area (Å²) in [6.07, 6.45) is -14.2. The van der Waals surface area contributed by atoms with Crippen LogP contribution in [0.25, 0.3) is 0 Å². The fourth-order valence-electron chi connectivity index (χ4n) is 1.04. The Bertz CT molecular complexity index is 405. The maximum Gasteiger partial charge on any atom is 0.525 e. The van der Waals surface area contributed by atoms with Gasteiger partial charge in [0.25, 0.3) is 0 Å². The molecule has 19 heavy (non-hydrogen) atoms. The zero-order chi connectivity index (χ0) is 14.7. The van der Waals surface area contributed by atoms with Crippen molar-refractivity contribution in [3.8, 4) is 5.75 Å². The molecule has 1 aromatic rings. The van der Waals surface area contributed by atoms with Crippen LogP contribution in [0.15, 0.2) is 24.3 Å². The minimum atomic E-state index is -5.52. The van der Waals surface area contributed by atoms with E-state index in [1.807, 2.05) is 0 Å². The maximum absolute atomic E-state index is 13.0. The molecule has 0 saturated carbocycles. The molecule has 0 aliphatic carbocycles. The van der Waals surface area contributed by atoms with E-state index in [2.05, 4.69) is 25.4 Å². The van der Waals surface area contributed by atoms with Crippen LogP contribution in [0.5, 0.6) is 5.75 Å². The first kappa shape index (κ1) is 16.1. The highest BCUT2D eigenvalue weighted by atomic mass is 79.9. The highest BCUT2D eigenvalue weighted by Crippen LogP contribution is 2.31. The number of hydrogen-bond donors (Lipinski definition) is 0. The van der Waals surface area contributed by atoms with Crippen LogP contribution in [0.2, 0.25) is 0 Å². The molecule has 9 heteroatoms. The Balaban J connectivity index is 2.71. The number of ether oxygens (including phenoxy) is 2. The second-order valence-electron chi connectivity index (χ2n) is 3.32. The molecular weight excluding hydrogens is 346 g/mol. The van der Waals surface area contributed by atoms with Crippen molar-refractivity contribution in [2.45, 2.75) is 24.2 Å². The van der Waals surface area contributed by atoms with Gasteiger partial charge in [-0.3, -0.25) is 0 Å². The van der Waals surface area contributed by atoms with Gasteiger partial charge in [-0.15, -0.1) is 13.2 Å². The average molecular weight is 353 g/mol. The first-order chi connectivity index (χ1) is 8.64. The van der Waals surface area contributed by atoms with Crippen molar-refractivity contribution in [3.05, 3.63) is 29.8 Å². The predicted octanol–water partition coefficient (Wildman–Crippen LogP) is 4.39. The number of hydrogen-bond acceptors (Lipinski definition) is 2. The quantitative estimate of drug-likeness (QED) is 0.578. The summed E-state index contributed by atoms with van der Waals surface area (Å²) in [5, 5.41) is 0.451. The van der Waals surface area contributed by atoms with Crippen molar-refractivity contribution < 1.29 is 35.8 Å². The lowest BCUT2D eigenvalue weighted by Crippen LogP contribution is -2.41. The standard InChI is InChI=1S/C10H7BrF6O2/c11-5-6-1-3-7(4-2-6)18-9(13,14)8(12)19-10(15,16)17/h1-4,8H,5H2/t8-/m0/s1. The van der Waals surface area contributed by atoms with Crippen LogP contribution in [-0.4, -0.2) is 18.8 Å². The summed E-state index contributed by atoms with van der Waals surface area (Å²) >= 11 is 3.11. The molecule has 0 aliphatic rings. The molecule has 0 spiro atoms. The van der Waals surface area contributed by atoms with Crippen LogP contribution in [0.3, 0.4) is 0 Å². The van der Waals surface area contributed by atoms with E-state index >= 15 is 0 Å². The fraction of sp³-hybridized carbons (Fsp3) is 0.400. The van der Waals surface area contributed by atoms with E-state index in [1.165, 1.54) is 12.1 Å². The average Bonchev–Trinajstić information content (AvgIpc) is 2.27. The van der Waals surface area contributed by atoms with Gasteiger partial charge in [0.15, 0.2) is 0 Å². The summed E-state index contributed by atoms with van der Waals surface area (Å²) in [6.45, 7) is 0. The van der Waals surface area contributed by atoms with Crippen LogP contribution >= 0.6 is 15.9 Å². The molecule has 0 bridgehead atoms. The number of halogens is 7. The summed E-state index contributed by atoms with van der Waals surface area (Å²) in [5.74, 6) is -0.483. The van der Waals surface area contributed by atoms with Gasteiger partial charge >= 0.3 is 18.8 Å². The second-order valence-corrected chi connectivity index (χ2v) is 3.88. The predicted molar refractivity (Wildman–Crippen MR) is 56.7 cm³/mol. The third-order valence-electron chi connectivity index (χ3n) is 1.83. The molecule has 0 aromatic heterocycles. The zero-order valence-electron chi connectivity index (χ0n) is 9.06. The third-order valence-corrected chi connectivity index (χ3v) is 2.48. The smallest absolute Gasteiger partial charge is 0.429 e. The van der Waals surface area contributed by atoms with Crippen LogP contribution in [0.4, 0.5) is 26.3 Å². The molecule has 0 heterocycles. The first-order valence-corrected chi connectivity index (χ1v) is 5.86. The molecule has 0 radical (unpaired) electrons. The lowest BCUT2D eigenvalue weighted by Gasteiger charge is -2.22. The Morgan fingerprint density at radius 1 is 1.05 bits per heavy atom. The highest BCUT2D eigenvalue weighted by molar-refractivity contribution is 9.08. The monoisotopic (exact) mass is 352 g/mol. The van der Waals surface area contributed by atoms with Crippen LogP contribution in [-0.2, 0) is 10.1 Å². The molecule has 0 N–H and O–H groups in total. The molecule has 1 atom stereocenters. The van der Waals surface area contributed by atoms with Crippen molar-refractivity contribution in [2.24, 2.45) is 0 Å². The van der Waals surface area contributed by atoms with Crippen LogP contribution < -0.4 is 4.74 Å². The Morgan fingerprint density at radius 2 is 1.58 bits per heavy atom. The van der Waals surface area contributed by atoms with Crippen molar-refractivity contribution in [1.29, 1.82) is 0 Å². The van der Waals surface area contributed by atoms with E-state index in [-0.39, 0.29) is 0 Å². The van der Waals surface area contributed by atoms with E-state index in [4.69, 9.17) is 0 Å². The lowest BCUT2D eigenvalue weighted by molar-refractivity contribution is -0.411. The minimum Gasteiger partial charge on any atom is -0.429 e. The Morgan fingerprint density at radius 3 is 2.00 bits per heavy atom. The lowest BCUT2D eigenvalue weighted by atomic mass is 10.2. The van der Waals surface area contributed by atoms with E-state index < -0.39 is 24.6 Å². The van der Waals surface area contributed by atoms with Crippen LogP contribution in [0.1, 0.15) is 5.56 Å². The van der Waals surface area contributed by atoms with E-state index in [1.54, 1.807) is 0 Å². The molecule has 0 saturated heterocycles. The van der Waals surface area contributed by atoms with Crippen molar-refractivity contribution in [1.82, 2.24) is 0 Å². The molecule has 2 nitrogen and oxygen atoms in total. The topological polar surface area (TPSA) is 18.5 Å². The van der Waals surface area contributed by atoms with Crippen molar-refractivity contribution in [2.75, 3.05) is 0 Å². The Hall–Kier alpha value is -0.960. The second kappa shape index (κ2) is 6.00. The zero-order valence-corrected chi connectivity index (χ0v) is 10.6. The van der Waals surface area contributed by atoms with E-state index in [0.717, 1.165) is 17.7 Å². The molecule has 1 rings (SSSR count). The largest absolute Gasteiger partial charge is 0.525 e. The van der Waals surface area contributed by atoms with Gasteiger partial charge in [-0.1, -0.05) is 28.1 Å². The van der Waals surface area contributed by atoms with Gasteiger partial charge in [-0.2, -0.15) is 8.78 Å². The van der Waals surface area contributed by atoms with Gasteiger partial charge in [0.1, 0.15) is 5.75 Å². The number of rotatable bonds is 5. The molecule has 1 aromatic carbocycles. The number of alkyl halides is 7. The Labute approximate surface area is 112 Å². The van der Waals surface area contributed by atoms with Gasteiger partial charge in [0.05, 0.1) is 0 Å². The van der Waals surface area contributed by atoms with Gasteiger partial charge in [0.2, 0.25) is 0 Å². The van der Waals surface area contributed by atoms with Crippen LogP contribution in [0, 0.1) is 0 Å². The summed E-state index contributed by atoms with van der Waals surface area (Å²) < 4.78 is 79.9. The van der Waals surface area contributed by atoms with Gasteiger partial charge < -0.3 is 4.74 Å². The SMILES string of the molecule is F[C@@H](OC(F)(F)F)C(F)(F)Oc1ccc(CBr)cc1. The van der Waals surface area contributed by atoms with Crippen molar-refractivity contribution in [3.63, 3.8) is 0 Å². The third kappa shape index (κ3) is 5.27. The Kier molecular flexibility index (Phi) is 5.08. The normalized spacial score (nSPS) is 14.3. The molecule has 0 unspecified atom stereocenters. The van der Waals surface area contributed by atoms with Gasteiger partial charge in [-0.25, -0.2) is 9.13 Å². The fourth-order valence-corrected chi connectivity index (χ4v) is 1.41. The summed E-state index contributed by atoms with van der Waals surface area (Å²) in [4.78, 5) is 0. The molecule has 0 aliphatic heterocycles. The first-order valence-electron chi connectivity index (χ1n) is 4.74. The molecule has 0 fully saturated rings. The maximum atomic E-state index is 13.0. The van der Waals surface area contributed by atoms with Gasteiger partial charge in [0, 0.05) is 5.33 Å². The summed E-state index contributed by atoms with van der Waals surface area (Å²) in [6, 6.07) is 4.92. The molecule has 108 valence electrons. The summed E-state index contributed by atoms with van der Waals surface area (Å²) in [7, 11) is 0. The van der Waals surface area contributed by atoms with Crippen molar-refractivity contribution >= 4 is 15.9 Å². The van der Waals surface area contributed by atoms with Gasteiger partial charge in [-0.05, 0) is 17.7 Å². The summed E-state index contributed by atoms with van der Waals surface area (Å²) in [5.41, 5.74) is 0.721. The highest BCUT2D eigenvalue weighted by Gasteiger charge is 2.50. The molecule has 0 amide bonds. The molecular formula is C10H7BrF6O2. The number of benzene rings is 1. The minimum absolute atomic E-state index is 0.451. The van der Waals surface area contributed by atoms with E-state index in [0.29, 0.717) is 5.33 Å². The van der Waals surface area contributed by atoms with E-state index in [9.17, 15) is 26.3 Å².